The number of nitrogens with one attached hydrogen (secondary N) is 1. The van der Waals surface area contributed by atoms with E-state index in [9.17, 15) is 4.39 Å². The van der Waals surface area contributed by atoms with Gasteiger partial charge >= 0.3 is 0 Å². The summed E-state index contributed by atoms with van der Waals surface area (Å²) in [5.41, 5.74) is 7.43. The minimum Gasteiger partial charge on any atom is -0.329 e. The number of nitrogens with two attached hydrogens (primary N) is 1. The Morgan fingerprint density at radius 3 is 2.89 bits per heavy atom. The van der Waals surface area contributed by atoms with Crippen LogP contribution in [0.15, 0.2) is 35.7 Å². The molecule has 18 heavy (non-hydrogen) atoms. The zero-order chi connectivity index (χ0) is 13.0. The topological polar surface area (TPSA) is 38.0 Å². The highest BCUT2D eigenvalue weighted by molar-refractivity contribution is 7.09. The maximum Gasteiger partial charge on any atom is 0.128 e. The lowest BCUT2D eigenvalue weighted by Crippen LogP contribution is -2.28. The molecule has 1 atom stereocenters. The summed E-state index contributed by atoms with van der Waals surface area (Å²) in [6.45, 7) is 3.05. The van der Waals surface area contributed by atoms with Gasteiger partial charge in [0.15, 0.2) is 0 Å². The average Bonchev–Trinajstić information content (AvgIpc) is 2.87. The van der Waals surface area contributed by atoms with Crippen molar-refractivity contribution in [3.8, 4) is 0 Å². The molecule has 3 N–H and O–H groups in total. The largest absolute Gasteiger partial charge is 0.329 e. The molecule has 2 nitrogen and oxygen atoms in total. The van der Waals surface area contributed by atoms with Gasteiger partial charge in [-0.1, -0.05) is 23.8 Å². The van der Waals surface area contributed by atoms with Crippen molar-refractivity contribution in [1.29, 1.82) is 0 Å². The molecule has 1 aromatic carbocycles. The maximum absolute atomic E-state index is 13.8. The molecule has 0 aliphatic rings. The Bertz CT molecular complexity index is 497. The predicted molar refractivity (Wildman–Crippen MR) is 74.1 cm³/mol. The van der Waals surface area contributed by atoms with Gasteiger partial charge in [-0.15, -0.1) is 11.3 Å². The van der Waals surface area contributed by atoms with E-state index in [1.54, 1.807) is 17.4 Å². The summed E-state index contributed by atoms with van der Waals surface area (Å²) in [6.07, 6.45) is 0. The van der Waals surface area contributed by atoms with Gasteiger partial charge in [0.05, 0.1) is 0 Å². The molecule has 96 valence electrons. The number of halogens is 1. The van der Waals surface area contributed by atoms with E-state index >= 15 is 0 Å². The van der Waals surface area contributed by atoms with Crippen molar-refractivity contribution >= 4 is 11.3 Å². The van der Waals surface area contributed by atoms with Gasteiger partial charge in [0, 0.05) is 29.6 Å². The molecule has 0 saturated heterocycles. The molecule has 0 radical (unpaired) electrons. The van der Waals surface area contributed by atoms with E-state index in [1.807, 2.05) is 24.4 Å². The van der Waals surface area contributed by atoms with Crippen LogP contribution in [-0.4, -0.2) is 6.54 Å². The summed E-state index contributed by atoms with van der Waals surface area (Å²) in [6, 6.07) is 9.04. The average molecular weight is 264 g/mol. The monoisotopic (exact) mass is 264 g/mol. The molecule has 1 unspecified atom stereocenters. The van der Waals surface area contributed by atoms with Crippen molar-refractivity contribution in [2.75, 3.05) is 6.54 Å². The van der Waals surface area contributed by atoms with Gasteiger partial charge in [0.2, 0.25) is 0 Å². The third kappa shape index (κ3) is 3.16. The molecule has 2 aromatic rings. The van der Waals surface area contributed by atoms with Crippen LogP contribution < -0.4 is 11.1 Å². The van der Waals surface area contributed by atoms with Crippen molar-refractivity contribution < 1.29 is 4.39 Å². The van der Waals surface area contributed by atoms with E-state index in [4.69, 9.17) is 5.73 Å². The number of benzene rings is 1. The van der Waals surface area contributed by atoms with Crippen LogP contribution in [0.4, 0.5) is 4.39 Å². The molecule has 1 heterocycles. The summed E-state index contributed by atoms with van der Waals surface area (Å²) in [4.78, 5) is 1.22. The number of hydrogen-bond acceptors (Lipinski definition) is 3. The van der Waals surface area contributed by atoms with E-state index in [1.165, 1.54) is 10.9 Å². The fraction of sp³-hybridized carbons (Fsp3) is 0.286. The summed E-state index contributed by atoms with van der Waals surface area (Å²) in [5, 5.41) is 5.33. The van der Waals surface area contributed by atoms with Gasteiger partial charge in [-0.05, 0) is 24.4 Å². The highest BCUT2D eigenvalue weighted by Crippen LogP contribution is 2.19. The van der Waals surface area contributed by atoms with Crippen molar-refractivity contribution in [3.05, 3.63) is 57.5 Å². The van der Waals surface area contributed by atoms with Gasteiger partial charge in [-0.3, -0.25) is 0 Å². The van der Waals surface area contributed by atoms with Crippen molar-refractivity contribution in [3.63, 3.8) is 0 Å². The summed E-state index contributed by atoms with van der Waals surface area (Å²) in [7, 11) is 0. The van der Waals surface area contributed by atoms with E-state index in [0.717, 1.165) is 5.56 Å². The molecule has 2 rings (SSSR count). The molecule has 1 aromatic heterocycles. The first kappa shape index (κ1) is 13.2. The van der Waals surface area contributed by atoms with E-state index in [2.05, 4.69) is 11.4 Å². The molecular weight excluding hydrogens is 247 g/mol. The van der Waals surface area contributed by atoms with E-state index in [-0.39, 0.29) is 11.9 Å². The second-order valence-corrected chi connectivity index (χ2v) is 5.31. The first-order valence-corrected chi connectivity index (χ1v) is 6.80. The molecule has 0 bridgehead atoms. The van der Waals surface area contributed by atoms with Crippen LogP contribution in [-0.2, 0) is 6.54 Å². The van der Waals surface area contributed by atoms with Gasteiger partial charge in [0.25, 0.3) is 0 Å². The second-order valence-electron chi connectivity index (χ2n) is 4.27. The van der Waals surface area contributed by atoms with Gasteiger partial charge in [-0.25, -0.2) is 4.39 Å². The van der Waals surface area contributed by atoms with E-state index in [0.29, 0.717) is 18.7 Å². The number of rotatable bonds is 5. The van der Waals surface area contributed by atoms with Crippen molar-refractivity contribution in [1.82, 2.24) is 5.32 Å². The normalized spacial score (nSPS) is 12.6. The summed E-state index contributed by atoms with van der Waals surface area (Å²) >= 11 is 1.68. The number of thiophene rings is 1. The molecule has 0 saturated carbocycles. The zero-order valence-corrected chi connectivity index (χ0v) is 11.1. The summed E-state index contributed by atoms with van der Waals surface area (Å²) in [5.74, 6) is -0.199. The minimum absolute atomic E-state index is 0.146. The number of aryl methyl sites for hydroxylation is 1. The molecule has 0 aliphatic carbocycles. The highest BCUT2D eigenvalue weighted by atomic mass is 32.1. The number of hydrogen-bond donors (Lipinski definition) is 2. The Hall–Kier alpha value is -1.23. The Balaban J connectivity index is 2.10. The lowest BCUT2D eigenvalue weighted by molar-refractivity contribution is 0.507. The SMILES string of the molecule is Cc1ccc(F)c(C(CN)NCc2cccs2)c1. The predicted octanol–water partition coefficient (Wildman–Crippen LogP) is 2.99. The Morgan fingerprint density at radius 1 is 1.39 bits per heavy atom. The standard InChI is InChI=1S/C14H17FN2S/c1-10-4-5-13(15)12(7-10)14(8-16)17-9-11-3-2-6-18-11/h2-7,14,17H,8-9,16H2,1H3. The van der Waals surface area contributed by atoms with Crippen molar-refractivity contribution in [2.24, 2.45) is 5.73 Å². The van der Waals surface area contributed by atoms with Gasteiger partial charge < -0.3 is 11.1 Å². The lowest BCUT2D eigenvalue weighted by Gasteiger charge is -2.18. The first-order valence-electron chi connectivity index (χ1n) is 5.92. The van der Waals surface area contributed by atoms with E-state index < -0.39 is 0 Å². The quantitative estimate of drug-likeness (QED) is 0.871. The van der Waals surface area contributed by atoms with Crippen LogP contribution in [0.2, 0.25) is 0 Å². The maximum atomic E-state index is 13.8. The minimum atomic E-state index is -0.199. The molecule has 0 spiro atoms. The Labute approximate surface area is 111 Å². The van der Waals surface area contributed by atoms with Gasteiger partial charge in [-0.2, -0.15) is 0 Å². The second kappa shape index (κ2) is 6.09. The molecule has 0 amide bonds. The Kier molecular flexibility index (Phi) is 4.47. The van der Waals surface area contributed by atoms with Crippen LogP contribution in [0, 0.1) is 12.7 Å². The summed E-state index contributed by atoms with van der Waals surface area (Å²) < 4.78 is 13.8. The fourth-order valence-electron chi connectivity index (χ4n) is 1.89. The van der Waals surface area contributed by atoms with Crippen LogP contribution in [0.1, 0.15) is 22.0 Å². The molecule has 0 fully saturated rings. The fourth-order valence-corrected chi connectivity index (χ4v) is 2.54. The first-order chi connectivity index (χ1) is 8.70. The molecule has 0 aliphatic heterocycles. The van der Waals surface area contributed by atoms with Crippen LogP contribution >= 0.6 is 11.3 Å². The smallest absolute Gasteiger partial charge is 0.128 e. The van der Waals surface area contributed by atoms with Crippen molar-refractivity contribution in [2.45, 2.75) is 19.5 Å². The lowest BCUT2D eigenvalue weighted by atomic mass is 10.0. The van der Waals surface area contributed by atoms with Gasteiger partial charge in [0.1, 0.15) is 5.82 Å². The van der Waals surface area contributed by atoms with Crippen LogP contribution in [0.3, 0.4) is 0 Å². The highest BCUT2D eigenvalue weighted by Gasteiger charge is 2.14. The van der Waals surface area contributed by atoms with Crippen LogP contribution in [0.5, 0.6) is 0 Å². The van der Waals surface area contributed by atoms with Crippen LogP contribution in [0.25, 0.3) is 0 Å². The molecular formula is C14H17FN2S. The third-order valence-corrected chi connectivity index (χ3v) is 3.74. The zero-order valence-electron chi connectivity index (χ0n) is 10.3. The third-order valence-electron chi connectivity index (χ3n) is 2.87. The Morgan fingerprint density at radius 2 is 2.22 bits per heavy atom. The molecule has 4 heteroatoms.